The molecule has 0 atom stereocenters. The van der Waals surface area contributed by atoms with Gasteiger partial charge in [-0.2, -0.15) is 0 Å². The number of guanidine groups is 1. The van der Waals surface area contributed by atoms with Gasteiger partial charge in [-0.05, 0) is 37.8 Å². The summed E-state index contributed by atoms with van der Waals surface area (Å²) in [7, 11) is 0. The molecular weight excluding hydrogens is 338 g/mol. The van der Waals surface area contributed by atoms with E-state index in [0.29, 0.717) is 6.42 Å². The molecule has 0 spiro atoms. The van der Waals surface area contributed by atoms with Crippen molar-refractivity contribution in [2.45, 2.75) is 32.6 Å². The van der Waals surface area contributed by atoms with Crippen molar-refractivity contribution in [2.75, 3.05) is 32.7 Å². The van der Waals surface area contributed by atoms with Gasteiger partial charge in [0.15, 0.2) is 5.96 Å². The molecule has 1 fully saturated rings. The molecule has 1 aromatic heterocycles. The predicted octanol–water partition coefficient (Wildman–Crippen LogP) is 2.34. The highest BCUT2D eigenvalue weighted by molar-refractivity contribution is 5.82. The predicted molar refractivity (Wildman–Crippen MR) is 110 cm³/mol. The summed E-state index contributed by atoms with van der Waals surface area (Å²) >= 11 is 0. The van der Waals surface area contributed by atoms with Crippen molar-refractivity contribution in [2.24, 2.45) is 4.99 Å². The van der Waals surface area contributed by atoms with E-state index in [9.17, 15) is 4.79 Å². The molecule has 0 radical (unpaired) electrons. The molecule has 0 unspecified atom stereocenters. The third-order valence-corrected chi connectivity index (χ3v) is 4.77. The summed E-state index contributed by atoms with van der Waals surface area (Å²) in [6.45, 7) is 6.12. The van der Waals surface area contributed by atoms with E-state index in [4.69, 9.17) is 0 Å². The van der Waals surface area contributed by atoms with Gasteiger partial charge in [0, 0.05) is 50.7 Å². The Morgan fingerprint density at radius 2 is 2.15 bits per heavy atom. The molecule has 1 aromatic carbocycles. The second-order valence-corrected chi connectivity index (χ2v) is 6.77. The van der Waals surface area contributed by atoms with Crippen LogP contribution in [-0.4, -0.2) is 54.5 Å². The molecule has 0 aliphatic carbocycles. The van der Waals surface area contributed by atoms with Gasteiger partial charge in [-0.25, -0.2) is 0 Å². The molecule has 2 N–H and O–H groups in total. The number of rotatable bonds is 8. The minimum absolute atomic E-state index is 0.285. The first-order chi connectivity index (χ1) is 13.3. The number of carbonyl (C=O) groups is 1. The van der Waals surface area contributed by atoms with E-state index in [1.54, 1.807) is 0 Å². The lowest BCUT2D eigenvalue weighted by atomic mass is 10.1. The fraction of sp³-hybridized carbons (Fsp3) is 0.476. The first kappa shape index (κ1) is 19.1. The van der Waals surface area contributed by atoms with Crippen molar-refractivity contribution in [3.63, 3.8) is 0 Å². The number of amides is 1. The van der Waals surface area contributed by atoms with E-state index in [0.717, 1.165) is 63.5 Å². The monoisotopic (exact) mass is 367 g/mol. The third kappa shape index (κ3) is 5.42. The number of benzene rings is 1. The topological polar surface area (TPSA) is 69.6 Å². The van der Waals surface area contributed by atoms with Crippen molar-refractivity contribution < 1.29 is 4.79 Å². The van der Waals surface area contributed by atoms with E-state index in [1.165, 1.54) is 10.9 Å². The van der Waals surface area contributed by atoms with Crippen LogP contribution in [0.2, 0.25) is 0 Å². The van der Waals surface area contributed by atoms with Gasteiger partial charge in [0.05, 0.1) is 5.52 Å². The summed E-state index contributed by atoms with van der Waals surface area (Å²) in [6, 6.07) is 10.4. The summed E-state index contributed by atoms with van der Waals surface area (Å²) in [5, 5.41) is 7.86. The number of pyridine rings is 1. The highest BCUT2D eigenvalue weighted by Crippen LogP contribution is 2.16. The Balaban J connectivity index is 1.48. The van der Waals surface area contributed by atoms with Gasteiger partial charge in [0.1, 0.15) is 0 Å². The number of hydrogen-bond acceptors (Lipinski definition) is 3. The fourth-order valence-electron chi connectivity index (χ4n) is 3.42. The van der Waals surface area contributed by atoms with Crippen molar-refractivity contribution in [3.8, 4) is 0 Å². The van der Waals surface area contributed by atoms with Crippen molar-refractivity contribution in [1.82, 2.24) is 20.5 Å². The number of fused-ring (bicyclic) bond motifs is 1. The number of likely N-dealkylation sites (tertiary alicyclic amines) is 1. The van der Waals surface area contributed by atoms with Crippen LogP contribution in [0.5, 0.6) is 0 Å². The van der Waals surface area contributed by atoms with Gasteiger partial charge in [-0.15, -0.1) is 0 Å². The lowest BCUT2D eigenvalue weighted by Gasteiger charge is -2.15. The van der Waals surface area contributed by atoms with E-state index in [1.807, 2.05) is 17.2 Å². The number of nitrogens with zero attached hydrogens (tertiary/aromatic N) is 3. The normalized spacial score (nSPS) is 14.8. The van der Waals surface area contributed by atoms with Crippen LogP contribution in [0.3, 0.4) is 0 Å². The van der Waals surface area contributed by atoms with Crippen LogP contribution in [0.25, 0.3) is 10.9 Å². The molecule has 1 amide bonds. The molecule has 3 rings (SSSR count). The molecule has 2 heterocycles. The van der Waals surface area contributed by atoms with Crippen LogP contribution in [0.15, 0.2) is 41.5 Å². The zero-order valence-electron chi connectivity index (χ0n) is 16.1. The molecule has 1 aliphatic rings. The molecule has 0 bridgehead atoms. The highest BCUT2D eigenvalue weighted by Gasteiger charge is 2.18. The lowest BCUT2D eigenvalue weighted by molar-refractivity contribution is -0.127. The maximum Gasteiger partial charge on any atom is 0.222 e. The molecule has 144 valence electrons. The van der Waals surface area contributed by atoms with E-state index < -0.39 is 0 Å². The summed E-state index contributed by atoms with van der Waals surface area (Å²) in [4.78, 5) is 22.7. The van der Waals surface area contributed by atoms with Gasteiger partial charge in [-0.3, -0.25) is 14.8 Å². The molecule has 2 aromatic rings. The lowest BCUT2D eigenvalue weighted by Crippen LogP contribution is -2.38. The fourth-order valence-corrected chi connectivity index (χ4v) is 3.42. The first-order valence-corrected chi connectivity index (χ1v) is 9.90. The van der Waals surface area contributed by atoms with E-state index >= 15 is 0 Å². The zero-order valence-corrected chi connectivity index (χ0v) is 16.1. The standard InChI is InChI=1S/C21H29N5O/c1-2-22-21(24-13-6-16-26-15-5-10-19(26)27)25-14-11-18-8-3-7-17-9-4-12-23-20(17)18/h3-4,7-9,12H,2,5-6,10-11,13-16H2,1H3,(H2,22,24,25). The number of para-hydroxylation sites is 1. The summed E-state index contributed by atoms with van der Waals surface area (Å²) in [6.07, 6.45) is 5.33. The Morgan fingerprint density at radius 1 is 1.26 bits per heavy atom. The Hall–Kier alpha value is -2.63. The average Bonchev–Trinajstić information content (AvgIpc) is 3.10. The maximum atomic E-state index is 11.6. The molecule has 6 nitrogen and oxygen atoms in total. The zero-order chi connectivity index (χ0) is 18.9. The van der Waals surface area contributed by atoms with Crippen LogP contribution < -0.4 is 10.6 Å². The largest absolute Gasteiger partial charge is 0.357 e. The van der Waals surface area contributed by atoms with E-state index in [-0.39, 0.29) is 5.91 Å². The summed E-state index contributed by atoms with van der Waals surface area (Å²) in [5.41, 5.74) is 2.31. The molecule has 6 heteroatoms. The Bertz CT molecular complexity index is 784. The Morgan fingerprint density at radius 3 is 2.96 bits per heavy atom. The first-order valence-electron chi connectivity index (χ1n) is 9.90. The van der Waals surface area contributed by atoms with E-state index in [2.05, 4.69) is 51.8 Å². The second-order valence-electron chi connectivity index (χ2n) is 6.77. The van der Waals surface area contributed by atoms with Crippen LogP contribution in [0, 0.1) is 0 Å². The number of carbonyl (C=O) groups excluding carboxylic acids is 1. The minimum atomic E-state index is 0.285. The molecular formula is C21H29N5O. The molecule has 1 aliphatic heterocycles. The van der Waals surface area contributed by atoms with Crippen LogP contribution in [-0.2, 0) is 11.2 Å². The Kier molecular flexibility index (Phi) is 7.02. The molecule has 27 heavy (non-hydrogen) atoms. The van der Waals surface area contributed by atoms with Crippen LogP contribution in [0.4, 0.5) is 0 Å². The van der Waals surface area contributed by atoms with Gasteiger partial charge in [-0.1, -0.05) is 24.3 Å². The van der Waals surface area contributed by atoms with Gasteiger partial charge < -0.3 is 15.5 Å². The number of nitrogens with one attached hydrogen (secondary N) is 2. The van der Waals surface area contributed by atoms with Gasteiger partial charge in [0.2, 0.25) is 5.91 Å². The summed E-state index contributed by atoms with van der Waals surface area (Å²) in [5.74, 6) is 1.12. The van der Waals surface area contributed by atoms with Crippen LogP contribution in [0.1, 0.15) is 31.7 Å². The third-order valence-electron chi connectivity index (χ3n) is 4.77. The Labute approximate surface area is 161 Å². The van der Waals surface area contributed by atoms with Crippen molar-refractivity contribution in [1.29, 1.82) is 0 Å². The van der Waals surface area contributed by atoms with Crippen molar-refractivity contribution in [3.05, 3.63) is 42.1 Å². The SMILES string of the molecule is CCNC(=NCCCN1CCCC1=O)NCCc1cccc2cccnc12. The van der Waals surface area contributed by atoms with Gasteiger partial charge >= 0.3 is 0 Å². The smallest absolute Gasteiger partial charge is 0.222 e. The quantitative estimate of drug-likeness (QED) is 0.427. The maximum absolute atomic E-state index is 11.6. The van der Waals surface area contributed by atoms with Gasteiger partial charge in [0.25, 0.3) is 0 Å². The number of aromatic nitrogens is 1. The minimum Gasteiger partial charge on any atom is -0.357 e. The summed E-state index contributed by atoms with van der Waals surface area (Å²) < 4.78 is 0. The molecule has 0 saturated carbocycles. The van der Waals surface area contributed by atoms with Crippen LogP contribution >= 0.6 is 0 Å². The second kappa shape index (κ2) is 9.90. The highest BCUT2D eigenvalue weighted by atomic mass is 16.2. The van der Waals surface area contributed by atoms with Crippen molar-refractivity contribution >= 4 is 22.8 Å². The molecule has 1 saturated heterocycles. The number of hydrogen-bond donors (Lipinski definition) is 2. The average molecular weight is 367 g/mol. The number of aliphatic imine (C=N–C) groups is 1.